The number of hydrogen-bond donors (Lipinski definition) is 4. The molecule has 0 fully saturated rings. The number of aliphatic hydroxyl groups is 1. The minimum absolute atomic E-state index is 0.117. The van der Waals surface area contributed by atoms with Gasteiger partial charge in [0.25, 0.3) is 0 Å². The first-order valence-electron chi connectivity index (χ1n) is 22.8. The van der Waals surface area contributed by atoms with E-state index in [0.717, 1.165) is 96.3 Å². The molecule has 4 N–H and O–H groups in total. The van der Waals surface area contributed by atoms with Crippen molar-refractivity contribution in [2.75, 3.05) is 13.2 Å². The Morgan fingerprint density at radius 1 is 0.552 bits per heavy atom. The van der Waals surface area contributed by atoms with E-state index in [1.165, 1.54) is 57.8 Å². The molecule has 0 saturated carbocycles. The molecule has 0 aliphatic carbocycles. The summed E-state index contributed by atoms with van der Waals surface area (Å²) >= 11 is 0. The number of hydrogen-bond acceptors (Lipinski definition) is 6. The zero-order chi connectivity index (χ0) is 42.6. The molecule has 58 heavy (non-hydrogen) atoms. The molecule has 0 aliphatic rings. The van der Waals surface area contributed by atoms with Crippen LogP contribution in [-0.4, -0.2) is 59.3 Å². The quantitative estimate of drug-likeness (QED) is 0.0274. The first-order chi connectivity index (χ1) is 28.3. The Hall–Kier alpha value is -3.72. The van der Waals surface area contributed by atoms with E-state index in [2.05, 4.69) is 91.3 Å². The van der Waals surface area contributed by atoms with Crippen molar-refractivity contribution in [2.45, 2.75) is 199 Å². The third-order valence-corrected chi connectivity index (χ3v) is 9.67. The van der Waals surface area contributed by atoms with Gasteiger partial charge in [-0.25, -0.2) is 4.79 Å². The maximum atomic E-state index is 12.7. The van der Waals surface area contributed by atoms with E-state index in [0.29, 0.717) is 12.8 Å². The van der Waals surface area contributed by atoms with Crippen LogP contribution in [0.4, 0.5) is 0 Å². The molecule has 9 nitrogen and oxygen atoms in total. The van der Waals surface area contributed by atoms with Crippen LogP contribution in [0.5, 0.6) is 0 Å². The second-order valence-corrected chi connectivity index (χ2v) is 15.1. The Morgan fingerprint density at radius 2 is 1.03 bits per heavy atom. The third kappa shape index (κ3) is 39.1. The predicted molar refractivity (Wildman–Crippen MR) is 240 cm³/mol. The molecule has 0 saturated heterocycles. The second-order valence-electron chi connectivity index (χ2n) is 15.1. The summed E-state index contributed by atoms with van der Waals surface area (Å²) in [4.78, 5) is 47.4. The summed E-state index contributed by atoms with van der Waals surface area (Å²) in [6.07, 6.45) is 53.9. The summed E-state index contributed by atoms with van der Waals surface area (Å²) in [5.41, 5.74) is 0. The van der Waals surface area contributed by atoms with Crippen LogP contribution in [0.1, 0.15) is 187 Å². The highest BCUT2D eigenvalue weighted by Gasteiger charge is 2.18. The smallest absolute Gasteiger partial charge is 0.328 e. The number of unbranched alkanes of at least 4 members (excludes halogenated alkanes) is 16. The Bertz CT molecular complexity index is 1200. The van der Waals surface area contributed by atoms with Gasteiger partial charge in [-0.1, -0.05) is 158 Å². The molecule has 2 amide bonds. The fourth-order valence-corrected chi connectivity index (χ4v) is 6.18. The van der Waals surface area contributed by atoms with Gasteiger partial charge >= 0.3 is 11.9 Å². The topological polar surface area (TPSA) is 142 Å². The molecule has 0 spiro atoms. The third-order valence-electron chi connectivity index (χ3n) is 9.67. The molecule has 9 heteroatoms. The van der Waals surface area contributed by atoms with Crippen molar-refractivity contribution in [2.24, 2.45) is 0 Å². The van der Waals surface area contributed by atoms with Crippen molar-refractivity contribution < 1.29 is 34.1 Å². The number of esters is 1. The summed E-state index contributed by atoms with van der Waals surface area (Å²) in [6, 6.07) is -1.39. The van der Waals surface area contributed by atoms with E-state index in [1.54, 1.807) is 0 Å². The molecular weight excluding hydrogens is 729 g/mol. The van der Waals surface area contributed by atoms with Crippen LogP contribution < -0.4 is 10.6 Å². The minimum Gasteiger partial charge on any atom is -0.480 e. The highest BCUT2D eigenvalue weighted by atomic mass is 16.5. The Balaban J connectivity index is 4.23. The Labute approximate surface area is 353 Å². The summed E-state index contributed by atoms with van der Waals surface area (Å²) in [6.45, 7) is 3.34. The fraction of sp³-hybridized carbons (Fsp3) is 0.673. The number of aliphatic hydroxyl groups excluding tert-OH is 1. The zero-order valence-corrected chi connectivity index (χ0v) is 36.5. The van der Waals surface area contributed by atoms with Gasteiger partial charge in [0.05, 0.1) is 13.2 Å². The van der Waals surface area contributed by atoms with Gasteiger partial charge in [0.2, 0.25) is 11.8 Å². The maximum absolute atomic E-state index is 12.7. The van der Waals surface area contributed by atoms with Crippen LogP contribution in [0.2, 0.25) is 0 Å². The van der Waals surface area contributed by atoms with Crippen molar-refractivity contribution in [3.8, 4) is 0 Å². The largest absolute Gasteiger partial charge is 0.480 e. The van der Waals surface area contributed by atoms with Crippen LogP contribution in [0.25, 0.3) is 0 Å². The number of rotatable bonds is 40. The van der Waals surface area contributed by atoms with Crippen LogP contribution in [0.15, 0.2) is 72.9 Å². The monoisotopic (exact) mass is 811 g/mol. The number of nitrogens with one attached hydrogen (secondary N) is 2. The summed E-state index contributed by atoms with van der Waals surface area (Å²) < 4.78 is 5.91. The number of carboxylic acid groups (broad SMARTS) is 1. The molecule has 0 rings (SSSR count). The van der Waals surface area contributed by atoms with Crippen LogP contribution in [0, 0.1) is 0 Å². The molecule has 2 atom stereocenters. The number of ether oxygens (including phenoxy) is 1. The Kier molecular flexibility index (Phi) is 40.1. The van der Waals surface area contributed by atoms with Crippen molar-refractivity contribution >= 4 is 23.8 Å². The van der Waals surface area contributed by atoms with Crippen LogP contribution in [0.3, 0.4) is 0 Å². The van der Waals surface area contributed by atoms with Gasteiger partial charge < -0.3 is 25.6 Å². The average Bonchev–Trinajstić information content (AvgIpc) is 3.21. The van der Waals surface area contributed by atoms with Crippen LogP contribution in [-0.2, 0) is 23.9 Å². The average molecular weight is 811 g/mol. The van der Waals surface area contributed by atoms with E-state index >= 15 is 0 Å². The van der Waals surface area contributed by atoms with E-state index in [1.807, 2.05) is 6.08 Å². The first-order valence-corrected chi connectivity index (χ1v) is 22.8. The van der Waals surface area contributed by atoms with Gasteiger partial charge in [0.15, 0.2) is 0 Å². The van der Waals surface area contributed by atoms with Gasteiger partial charge in [-0.15, -0.1) is 0 Å². The summed E-state index contributed by atoms with van der Waals surface area (Å²) in [5.74, 6) is -2.38. The lowest BCUT2D eigenvalue weighted by Gasteiger charge is -2.15. The zero-order valence-electron chi connectivity index (χ0n) is 36.5. The number of carbonyl (C=O) groups is 4. The maximum Gasteiger partial charge on any atom is 0.328 e. The summed E-state index contributed by atoms with van der Waals surface area (Å²) in [7, 11) is 0. The number of carboxylic acids is 1. The van der Waals surface area contributed by atoms with Gasteiger partial charge in [-0.3, -0.25) is 14.4 Å². The van der Waals surface area contributed by atoms with E-state index in [-0.39, 0.29) is 30.9 Å². The molecule has 0 heterocycles. The van der Waals surface area contributed by atoms with E-state index in [9.17, 15) is 19.2 Å². The number of aliphatic carboxylic acids is 1. The lowest BCUT2D eigenvalue weighted by molar-refractivity contribution is -0.147. The normalized spacial score (nSPS) is 13.2. The predicted octanol–water partition coefficient (Wildman–Crippen LogP) is 11.5. The Morgan fingerprint density at radius 3 is 1.59 bits per heavy atom. The number of carbonyl (C=O) groups excluding carboxylic acids is 3. The first kappa shape index (κ1) is 54.3. The van der Waals surface area contributed by atoms with Gasteiger partial charge in [0, 0.05) is 12.8 Å². The molecule has 0 aromatic carbocycles. The van der Waals surface area contributed by atoms with Gasteiger partial charge in [-0.2, -0.15) is 0 Å². The van der Waals surface area contributed by atoms with E-state index < -0.39 is 24.5 Å². The SMILES string of the molecule is CC/C=C\C/C=C\C/C=C\C(CCCCCCCCC(=O)NCC(=O)NC(CO)C(=O)O)OC(=O)CCCCCCCC/C=C\C/C=C\C/C=C\CCCCCCC. The number of allylic oxidation sites excluding steroid dienone is 11. The van der Waals surface area contributed by atoms with Crippen molar-refractivity contribution in [1.82, 2.24) is 10.6 Å². The van der Waals surface area contributed by atoms with Gasteiger partial charge in [-0.05, 0) is 89.5 Å². The lowest BCUT2D eigenvalue weighted by atomic mass is 10.1. The highest BCUT2D eigenvalue weighted by Crippen LogP contribution is 2.15. The lowest BCUT2D eigenvalue weighted by Crippen LogP contribution is -2.47. The molecular formula is C49H82N2O7. The molecule has 0 bridgehead atoms. The molecule has 0 aliphatic heterocycles. The van der Waals surface area contributed by atoms with E-state index in [4.69, 9.17) is 14.9 Å². The molecule has 2 unspecified atom stereocenters. The fourth-order valence-electron chi connectivity index (χ4n) is 6.18. The molecule has 0 aromatic rings. The molecule has 330 valence electrons. The van der Waals surface area contributed by atoms with Crippen molar-refractivity contribution in [3.05, 3.63) is 72.9 Å². The number of amides is 2. The van der Waals surface area contributed by atoms with Crippen LogP contribution >= 0.6 is 0 Å². The second kappa shape index (κ2) is 42.9. The van der Waals surface area contributed by atoms with Gasteiger partial charge in [0.1, 0.15) is 12.1 Å². The minimum atomic E-state index is -1.39. The highest BCUT2D eigenvalue weighted by molar-refractivity contribution is 5.87. The molecule has 0 radical (unpaired) electrons. The summed E-state index contributed by atoms with van der Waals surface area (Å²) in [5, 5.41) is 22.5. The standard InChI is InChI=1S/C49H82N2O7/c1-3-5-7-9-11-13-14-15-16-17-18-19-20-21-22-23-24-25-27-33-37-41-48(55)58-44(38-34-30-26-12-10-8-6-4-2)39-35-31-28-29-32-36-40-46(53)50-42-47(54)51-45(43-52)49(56)57/h6,8,12,14-15,17-18,20-21,26,34,38,44-45,52H,3-5,7,9-11,13,16,19,22-25,27-33,35-37,39-43H2,1-2H3,(H,50,53)(H,51,54)(H,56,57)/b8-6-,15-14-,18-17-,21-20-,26-12-,38-34-. The van der Waals surface area contributed by atoms with Crippen molar-refractivity contribution in [3.63, 3.8) is 0 Å². The molecule has 0 aromatic heterocycles. The van der Waals surface area contributed by atoms with Crippen molar-refractivity contribution in [1.29, 1.82) is 0 Å².